The minimum Gasteiger partial charge on any atom is -0.504 e. The van der Waals surface area contributed by atoms with Crippen molar-refractivity contribution in [3.8, 4) is 52.1 Å². The number of methoxy groups -OCH3 is 3. The standard InChI is InChI=1S/C48H48N4O12S/c1-22-14-27-15-30-31(18-49)52-32-19-61-47(57)48(29-17-34(59-6)33(54)16-26(29)12-13-51(48)46(56)25-8-10-28(58-5)11-9-25)20-65-45(39(52)38(50(30)4)35(27)40(55)41(22)60-7)37-36(32)44-43(62-21-63-44)23(2)42(37)64-24(3)53/h8-11,14,16-17,30-32,38-39,45,54-55H,12-13,15,19-21H2,1-7H3/t30-,31-,32-,38+,39+,45+,48+/m0/s1. The Labute approximate surface area is 379 Å². The number of phenolic OH excluding ortho intramolecular Hbond substituents is 2. The first-order chi connectivity index (χ1) is 31.3. The van der Waals surface area contributed by atoms with Gasteiger partial charge in [0, 0.05) is 59.1 Å². The van der Waals surface area contributed by atoms with E-state index in [1.54, 1.807) is 48.2 Å². The fourth-order valence-corrected chi connectivity index (χ4v) is 13.2. The number of phenols is 2. The minimum atomic E-state index is -1.82. The summed E-state index contributed by atoms with van der Waals surface area (Å²) < 4.78 is 42.0. The average molecular weight is 905 g/mol. The predicted molar refractivity (Wildman–Crippen MR) is 234 cm³/mol. The third kappa shape index (κ3) is 6.06. The van der Waals surface area contributed by atoms with E-state index < -0.39 is 52.8 Å². The molecule has 0 unspecified atom stereocenters. The number of nitrogens with zero attached hydrogens (tertiary/aromatic N) is 4. The van der Waals surface area contributed by atoms with Gasteiger partial charge in [-0.3, -0.25) is 19.4 Å². The molecule has 4 aromatic rings. The smallest absolute Gasteiger partial charge is 0.337 e. The van der Waals surface area contributed by atoms with Crippen molar-refractivity contribution < 1.29 is 57.8 Å². The van der Waals surface area contributed by atoms with E-state index in [2.05, 4.69) is 15.9 Å². The average Bonchev–Trinajstić information content (AvgIpc) is 3.79. The molecule has 1 spiro atoms. The number of amides is 1. The molecule has 338 valence electrons. The van der Waals surface area contributed by atoms with Crippen molar-refractivity contribution in [2.45, 2.75) is 74.6 Å². The number of hydrogen-bond donors (Lipinski definition) is 2. The van der Waals surface area contributed by atoms with E-state index in [0.29, 0.717) is 74.8 Å². The van der Waals surface area contributed by atoms with Gasteiger partial charge >= 0.3 is 11.9 Å². The molecule has 16 nitrogen and oxygen atoms in total. The molecule has 0 saturated carbocycles. The van der Waals surface area contributed by atoms with Crippen molar-refractivity contribution in [3.63, 3.8) is 0 Å². The summed E-state index contributed by atoms with van der Waals surface area (Å²) in [5.74, 6) is 0.0166. The van der Waals surface area contributed by atoms with Gasteiger partial charge in [0.05, 0.1) is 44.7 Å². The van der Waals surface area contributed by atoms with Crippen LogP contribution in [-0.4, -0.2) is 115 Å². The largest absolute Gasteiger partial charge is 0.504 e. The van der Waals surface area contributed by atoms with E-state index in [-0.39, 0.29) is 54.7 Å². The number of fused-ring (bicyclic) bond motifs is 9. The molecule has 2 saturated heterocycles. The van der Waals surface area contributed by atoms with Crippen LogP contribution in [0.5, 0.6) is 46.0 Å². The first-order valence-corrected chi connectivity index (χ1v) is 22.4. The van der Waals surface area contributed by atoms with Gasteiger partial charge < -0.3 is 48.3 Å². The highest BCUT2D eigenvalue weighted by Crippen LogP contribution is 2.65. The van der Waals surface area contributed by atoms with Crippen LogP contribution in [0.3, 0.4) is 0 Å². The number of esters is 2. The fourth-order valence-electron chi connectivity index (χ4n) is 11.5. The van der Waals surface area contributed by atoms with Crippen LogP contribution in [0, 0.1) is 25.2 Å². The second-order valence-electron chi connectivity index (χ2n) is 17.3. The van der Waals surface area contributed by atoms with Gasteiger partial charge in [0.15, 0.2) is 40.0 Å². The lowest BCUT2D eigenvalue weighted by Gasteiger charge is -2.62. The molecule has 17 heteroatoms. The molecule has 65 heavy (non-hydrogen) atoms. The summed E-state index contributed by atoms with van der Waals surface area (Å²) in [6.45, 7) is 4.63. The van der Waals surface area contributed by atoms with Crippen LogP contribution in [0.4, 0.5) is 0 Å². The normalized spacial score (nSPS) is 26.2. The Kier molecular flexibility index (Phi) is 10.3. The topological polar surface area (TPSA) is 190 Å². The fraction of sp³-hybridized carbons (Fsp3) is 0.417. The number of likely N-dealkylation sites (N-methyl/N-ethyl adjacent to an activating group) is 1. The Morgan fingerprint density at radius 2 is 1.69 bits per heavy atom. The number of carbonyl (C=O) groups is 3. The molecule has 7 aliphatic rings. The van der Waals surface area contributed by atoms with Gasteiger partial charge in [-0.2, -0.15) is 5.26 Å². The molecule has 7 atom stereocenters. The lowest BCUT2D eigenvalue weighted by atomic mass is 9.71. The van der Waals surface area contributed by atoms with Crippen LogP contribution in [0.1, 0.15) is 79.1 Å². The molecule has 0 radical (unpaired) electrons. The Hall–Kier alpha value is -6.35. The van der Waals surface area contributed by atoms with Crippen molar-refractivity contribution in [2.24, 2.45) is 0 Å². The van der Waals surface area contributed by atoms with Crippen LogP contribution >= 0.6 is 11.8 Å². The second-order valence-corrected chi connectivity index (χ2v) is 18.4. The van der Waals surface area contributed by atoms with E-state index in [4.69, 9.17) is 33.2 Å². The summed E-state index contributed by atoms with van der Waals surface area (Å²) in [5.41, 5.74) is 3.47. The molecule has 2 N–H and O–H groups in total. The van der Waals surface area contributed by atoms with Gasteiger partial charge in [0.25, 0.3) is 5.91 Å². The summed E-state index contributed by atoms with van der Waals surface area (Å²) in [6, 6.07) is 11.2. The molecular weight excluding hydrogens is 857 g/mol. The van der Waals surface area contributed by atoms with E-state index in [1.165, 1.54) is 40.0 Å². The number of rotatable bonds is 5. The summed E-state index contributed by atoms with van der Waals surface area (Å²) in [4.78, 5) is 49.7. The highest BCUT2D eigenvalue weighted by Gasteiger charge is 2.63. The first kappa shape index (κ1) is 42.6. The number of nitriles is 1. The third-order valence-electron chi connectivity index (χ3n) is 14.2. The molecular formula is C48H48N4O12S. The van der Waals surface area contributed by atoms with E-state index in [9.17, 15) is 20.3 Å². The van der Waals surface area contributed by atoms with E-state index in [1.807, 2.05) is 20.0 Å². The zero-order chi connectivity index (χ0) is 45.8. The molecule has 1 amide bonds. The van der Waals surface area contributed by atoms with Crippen molar-refractivity contribution in [1.29, 1.82) is 5.26 Å². The molecule has 7 aliphatic heterocycles. The van der Waals surface area contributed by atoms with Crippen molar-refractivity contribution in [3.05, 3.63) is 92.5 Å². The SMILES string of the molecule is COc1ccc(C(=O)N2CCc3cc(O)c(OC)cc3[C@@]23CS[C@@H]2c4c(OC(C)=O)c(C)c5c(c4[C@H](COC3=O)N3[C@@H]2[C@H]2c4c(cc(C)c(OC)c4O)C[C@@H]([C@@H]3C#N)N2C)OCO5)cc1. The first-order valence-electron chi connectivity index (χ1n) is 21.4. The molecule has 0 aliphatic carbocycles. The maximum absolute atomic E-state index is 15.6. The summed E-state index contributed by atoms with van der Waals surface area (Å²) in [5, 5.41) is 33.9. The Bertz CT molecular complexity index is 2740. The number of aromatic hydroxyl groups is 2. The Balaban J connectivity index is 1.26. The summed E-state index contributed by atoms with van der Waals surface area (Å²) >= 11 is 1.35. The molecule has 4 bridgehead atoms. The predicted octanol–water partition coefficient (Wildman–Crippen LogP) is 5.55. The number of hydrogen-bond acceptors (Lipinski definition) is 16. The number of carbonyl (C=O) groups excluding carboxylic acids is 3. The van der Waals surface area contributed by atoms with Crippen molar-refractivity contribution >= 4 is 29.6 Å². The molecule has 7 heterocycles. The highest BCUT2D eigenvalue weighted by atomic mass is 32.2. The zero-order valence-corrected chi connectivity index (χ0v) is 37.7. The van der Waals surface area contributed by atoms with Gasteiger partial charge in [-0.25, -0.2) is 4.79 Å². The molecule has 0 aromatic heterocycles. The van der Waals surface area contributed by atoms with Gasteiger partial charge in [-0.15, -0.1) is 11.8 Å². The van der Waals surface area contributed by atoms with E-state index in [0.717, 1.165) is 11.1 Å². The molecule has 4 aromatic carbocycles. The lowest BCUT2D eigenvalue weighted by Crippen LogP contribution is -2.69. The van der Waals surface area contributed by atoms with Crippen molar-refractivity contribution in [1.82, 2.24) is 14.7 Å². The zero-order valence-electron chi connectivity index (χ0n) is 36.9. The monoisotopic (exact) mass is 904 g/mol. The number of ether oxygens (including phenoxy) is 7. The highest BCUT2D eigenvalue weighted by molar-refractivity contribution is 7.99. The van der Waals surface area contributed by atoms with Crippen LogP contribution in [-0.2, 0) is 32.7 Å². The minimum absolute atomic E-state index is 0.0132. The van der Waals surface area contributed by atoms with Gasteiger partial charge in [0.2, 0.25) is 6.79 Å². The second kappa shape index (κ2) is 15.7. The number of thioether (sulfide) groups is 1. The Morgan fingerprint density at radius 3 is 2.38 bits per heavy atom. The maximum Gasteiger partial charge on any atom is 0.337 e. The van der Waals surface area contributed by atoms with Crippen LogP contribution in [0.2, 0.25) is 0 Å². The molecule has 2 fully saturated rings. The third-order valence-corrected chi connectivity index (χ3v) is 15.7. The van der Waals surface area contributed by atoms with Gasteiger partial charge in [-0.1, -0.05) is 6.07 Å². The van der Waals surface area contributed by atoms with Crippen LogP contribution < -0.4 is 28.4 Å². The summed E-state index contributed by atoms with van der Waals surface area (Å²) in [7, 11) is 6.42. The lowest BCUT2D eigenvalue weighted by molar-refractivity contribution is -0.162. The number of piperazine rings is 1. The van der Waals surface area contributed by atoms with Crippen molar-refractivity contribution in [2.75, 3.05) is 54.1 Å². The van der Waals surface area contributed by atoms with Crippen LogP contribution in [0.15, 0.2) is 42.5 Å². The quantitative estimate of drug-likeness (QED) is 0.187. The molecule has 11 rings (SSSR count). The van der Waals surface area contributed by atoms with E-state index >= 15 is 9.59 Å². The summed E-state index contributed by atoms with van der Waals surface area (Å²) in [6.07, 6.45) is 0.731. The maximum atomic E-state index is 15.6. The number of benzene rings is 4. The van der Waals surface area contributed by atoms with Gasteiger partial charge in [0.1, 0.15) is 24.1 Å². The Morgan fingerprint density at radius 1 is 0.938 bits per heavy atom. The van der Waals surface area contributed by atoms with Gasteiger partial charge in [-0.05, 0) is 92.4 Å². The van der Waals surface area contributed by atoms with Crippen LogP contribution in [0.25, 0.3) is 0 Å². The number of aryl methyl sites for hydroxylation is 1.